The molecule has 0 radical (unpaired) electrons. The zero-order valence-corrected chi connectivity index (χ0v) is 19.5. The third-order valence-corrected chi connectivity index (χ3v) is 5.20. The highest BCUT2D eigenvalue weighted by molar-refractivity contribution is 5.92. The van der Waals surface area contributed by atoms with Crippen molar-refractivity contribution < 1.29 is 19.1 Å². The number of anilines is 1. The Labute approximate surface area is 195 Å². The summed E-state index contributed by atoms with van der Waals surface area (Å²) in [5, 5.41) is 0. The van der Waals surface area contributed by atoms with Gasteiger partial charge in [-0.3, -0.25) is 9.59 Å². The second-order valence-electron chi connectivity index (χ2n) is 8.41. The summed E-state index contributed by atoms with van der Waals surface area (Å²) in [4.78, 5) is 32.3. The number of nitrogens with zero attached hydrogens (tertiary/aromatic N) is 3. The van der Waals surface area contributed by atoms with Gasteiger partial charge < -0.3 is 25.0 Å². The van der Waals surface area contributed by atoms with Crippen molar-refractivity contribution in [1.82, 2.24) is 4.90 Å². The van der Waals surface area contributed by atoms with Crippen LogP contribution in [0.25, 0.3) is 0 Å². The Morgan fingerprint density at radius 3 is 2.64 bits per heavy atom. The molecule has 0 unspecified atom stereocenters. The van der Waals surface area contributed by atoms with Gasteiger partial charge >= 0.3 is 5.97 Å². The van der Waals surface area contributed by atoms with Crippen LogP contribution in [0.2, 0.25) is 0 Å². The van der Waals surface area contributed by atoms with Crippen molar-refractivity contribution in [2.45, 2.75) is 33.2 Å². The van der Waals surface area contributed by atoms with Gasteiger partial charge in [-0.05, 0) is 30.5 Å². The number of carbonyl (C=O) groups is 2. The van der Waals surface area contributed by atoms with E-state index in [1.165, 1.54) is 0 Å². The fourth-order valence-electron chi connectivity index (χ4n) is 3.38. The van der Waals surface area contributed by atoms with E-state index in [2.05, 4.69) is 4.99 Å². The molecule has 8 nitrogen and oxygen atoms in total. The predicted molar refractivity (Wildman–Crippen MR) is 129 cm³/mol. The maximum atomic E-state index is 12.4. The van der Waals surface area contributed by atoms with Crippen LogP contribution < -0.4 is 15.4 Å². The van der Waals surface area contributed by atoms with Crippen LogP contribution in [0.3, 0.4) is 0 Å². The summed E-state index contributed by atoms with van der Waals surface area (Å²) >= 11 is 0. The van der Waals surface area contributed by atoms with E-state index >= 15 is 0 Å². The van der Waals surface area contributed by atoms with E-state index in [-0.39, 0.29) is 30.3 Å². The first-order valence-electron chi connectivity index (χ1n) is 11.2. The van der Waals surface area contributed by atoms with Gasteiger partial charge in [-0.25, -0.2) is 4.99 Å². The van der Waals surface area contributed by atoms with Crippen molar-refractivity contribution in [1.29, 1.82) is 0 Å². The van der Waals surface area contributed by atoms with Crippen molar-refractivity contribution >= 4 is 29.2 Å². The molecule has 2 aromatic rings. The van der Waals surface area contributed by atoms with E-state index in [0.717, 1.165) is 11.3 Å². The molecule has 1 heterocycles. The number of aliphatic imine (C=N–C) groups is 1. The van der Waals surface area contributed by atoms with Crippen LogP contribution in [0.5, 0.6) is 5.75 Å². The summed E-state index contributed by atoms with van der Waals surface area (Å²) in [6, 6.07) is 15.2. The molecule has 0 saturated carbocycles. The summed E-state index contributed by atoms with van der Waals surface area (Å²) in [5.74, 6) is 0.835. The molecule has 0 fully saturated rings. The van der Waals surface area contributed by atoms with Gasteiger partial charge in [0, 0.05) is 31.3 Å². The Balaban J connectivity index is 1.53. The lowest BCUT2D eigenvalue weighted by Gasteiger charge is -2.28. The maximum Gasteiger partial charge on any atom is 0.325 e. The smallest absolute Gasteiger partial charge is 0.325 e. The quantitative estimate of drug-likeness (QED) is 0.438. The Kier molecular flexibility index (Phi) is 8.29. The average Bonchev–Trinajstić information content (AvgIpc) is 2.81. The zero-order valence-electron chi connectivity index (χ0n) is 19.5. The number of nitrogens with two attached hydrogens (primary N) is 1. The topological polar surface area (TPSA) is 97.5 Å². The number of ether oxygens (including phenoxy) is 2. The molecule has 0 spiro atoms. The van der Waals surface area contributed by atoms with Gasteiger partial charge in [0.15, 0.2) is 5.96 Å². The van der Waals surface area contributed by atoms with E-state index in [1.54, 1.807) is 16.8 Å². The van der Waals surface area contributed by atoms with Gasteiger partial charge in [0.05, 0.1) is 13.2 Å². The highest BCUT2D eigenvalue weighted by Crippen LogP contribution is 2.35. The summed E-state index contributed by atoms with van der Waals surface area (Å²) in [6.07, 6.45) is 0.949. The second-order valence-corrected chi connectivity index (χ2v) is 8.41. The number of hydrogen-bond acceptors (Lipinski definition) is 7. The van der Waals surface area contributed by atoms with Crippen LogP contribution in [-0.4, -0.2) is 49.5 Å². The van der Waals surface area contributed by atoms with Gasteiger partial charge in [0.1, 0.15) is 18.0 Å². The molecule has 0 saturated heterocycles. The van der Waals surface area contributed by atoms with Crippen LogP contribution in [-0.2, 0) is 20.9 Å². The standard InChI is InChI=1S/C25H32N4O4/c1-18(2)17-33-23(31)16-29-15-19-9-7-12-21(24(19)27-25(29)26)32-14-8-13-22(30)28(3)20-10-5-4-6-11-20/h4-7,9-12,18H,8,13-17H2,1-3H3,(H2,26,27). The lowest BCUT2D eigenvalue weighted by Crippen LogP contribution is -2.42. The summed E-state index contributed by atoms with van der Waals surface area (Å²) < 4.78 is 11.2. The minimum Gasteiger partial charge on any atom is -0.491 e. The lowest BCUT2D eigenvalue weighted by atomic mass is 10.1. The molecule has 0 aromatic heterocycles. The van der Waals surface area contributed by atoms with Crippen LogP contribution in [0.1, 0.15) is 32.3 Å². The molecule has 3 rings (SSSR count). The minimum absolute atomic E-state index is 0.0298. The van der Waals surface area contributed by atoms with Crippen LogP contribution in [0, 0.1) is 5.92 Å². The number of fused-ring (bicyclic) bond motifs is 1. The second kappa shape index (κ2) is 11.4. The van der Waals surface area contributed by atoms with Gasteiger partial charge in [-0.15, -0.1) is 0 Å². The molecule has 1 aliphatic rings. The van der Waals surface area contributed by atoms with Crippen molar-refractivity contribution in [3.05, 3.63) is 54.1 Å². The number of carbonyl (C=O) groups excluding carboxylic acids is 2. The minimum atomic E-state index is -0.331. The molecule has 8 heteroatoms. The molecule has 0 bridgehead atoms. The number of rotatable bonds is 10. The van der Waals surface area contributed by atoms with E-state index in [0.29, 0.717) is 44.0 Å². The predicted octanol–water partition coefficient (Wildman–Crippen LogP) is 3.47. The highest BCUT2D eigenvalue weighted by atomic mass is 16.5. The lowest BCUT2D eigenvalue weighted by molar-refractivity contribution is -0.145. The summed E-state index contributed by atoms with van der Waals surface area (Å²) in [7, 11) is 1.77. The Hall–Kier alpha value is -3.55. The van der Waals surface area contributed by atoms with Crippen LogP contribution in [0.4, 0.5) is 11.4 Å². The summed E-state index contributed by atoms with van der Waals surface area (Å²) in [6.45, 7) is 5.22. The maximum absolute atomic E-state index is 12.4. The van der Waals surface area contributed by atoms with Crippen LogP contribution >= 0.6 is 0 Å². The van der Waals surface area contributed by atoms with Gasteiger partial charge in [-0.2, -0.15) is 0 Å². The number of amides is 1. The normalized spacial score (nSPS) is 12.7. The van der Waals surface area contributed by atoms with Crippen molar-refractivity contribution in [2.75, 3.05) is 31.7 Å². The molecular formula is C25H32N4O4. The third-order valence-electron chi connectivity index (χ3n) is 5.20. The number of para-hydroxylation sites is 2. The van der Waals surface area contributed by atoms with Gasteiger partial charge in [0.25, 0.3) is 0 Å². The summed E-state index contributed by atoms with van der Waals surface area (Å²) in [5.41, 5.74) is 8.55. The monoisotopic (exact) mass is 452 g/mol. The van der Waals surface area contributed by atoms with E-state index in [1.807, 2.05) is 62.4 Å². The molecule has 2 aromatic carbocycles. The molecule has 1 aliphatic heterocycles. The number of esters is 1. The highest BCUT2D eigenvalue weighted by Gasteiger charge is 2.23. The zero-order chi connectivity index (χ0) is 23.8. The SMILES string of the molecule is CC(C)COC(=O)CN1Cc2cccc(OCCCC(=O)N(C)c3ccccc3)c2N=C1N. The van der Waals surface area contributed by atoms with Crippen molar-refractivity contribution in [3.8, 4) is 5.75 Å². The van der Waals surface area contributed by atoms with Crippen molar-refractivity contribution in [3.63, 3.8) is 0 Å². The molecule has 1 amide bonds. The first-order chi connectivity index (χ1) is 15.8. The van der Waals surface area contributed by atoms with Gasteiger partial charge in [0.2, 0.25) is 5.91 Å². The van der Waals surface area contributed by atoms with E-state index < -0.39 is 0 Å². The number of benzene rings is 2. The van der Waals surface area contributed by atoms with Crippen LogP contribution in [0.15, 0.2) is 53.5 Å². The van der Waals surface area contributed by atoms with Gasteiger partial charge in [-0.1, -0.05) is 44.2 Å². The molecular weight excluding hydrogens is 420 g/mol. The first kappa shape index (κ1) is 24.1. The largest absolute Gasteiger partial charge is 0.491 e. The van der Waals surface area contributed by atoms with E-state index in [9.17, 15) is 9.59 Å². The molecule has 0 aliphatic carbocycles. The average molecular weight is 453 g/mol. The molecule has 33 heavy (non-hydrogen) atoms. The number of guanidine groups is 1. The molecule has 0 atom stereocenters. The fraction of sp³-hybridized carbons (Fsp3) is 0.400. The number of hydrogen-bond donors (Lipinski definition) is 1. The van der Waals surface area contributed by atoms with E-state index in [4.69, 9.17) is 15.2 Å². The third kappa shape index (κ3) is 6.71. The Bertz CT molecular complexity index is 991. The Morgan fingerprint density at radius 2 is 1.91 bits per heavy atom. The molecule has 2 N–H and O–H groups in total. The first-order valence-corrected chi connectivity index (χ1v) is 11.2. The fourth-order valence-corrected chi connectivity index (χ4v) is 3.38. The van der Waals surface area contributed by atoms with Crippen molar-refractivity contribution in [2.24, 2.45) is 16.6 Å². The Morgan fingerprint density at radius 1 is 1.15 bits per heavy atom. The molecule has 176 valence electrons.